The Morgan fingerprint density at radius 2 is 2.11 bits per heavy atom. The molecule has 19 heavy (non-hydrogen) atoms. The van der Waals surface area contributed by atoms with Gasteiger partial charge in [-0.3, -0.25) is 9.78 Å². The van der Waals surface area contributed by atoms with Gasteiger partial charge in [0.1, 0.15) is 10.7 Å². The molecule has 0 N–H and O–H groups in total. The smallest absolute Gasteiger partial charge is 0.187 e. The van der Waals surface area contributed by atoms with Crippen LogP contribution in [0.3, 0.4) is 0 Å². The third kappa shape index (κ3) is 3.47. The molecule has 0 saturated carbocycles. The molecular weight excluding hydrogens is 256 g/mol. The lowest BCUT2D eigenvalue weighted by molar-refractivity contribution is 0.0988. The Bertz CT molecular complexity index is 596. The van der Waals surface area contributed by atoms with Gasteiger partial charge in [-0.15, -0.1) is 11.3 Å². The Morgan fingerprint density at radius 1 is 1.37 bits per heavy atom. The lowest BCUT2D eigenvalue weighted by Gasteiger charge is -2.14. The van der Waals surface area contributed by atoms with E-state index in [1.54, 1.807) is 17.5 Å². The maximum Gasteiger partial charge on any atom is 0.187 e. The minimum absolute atomic E-state index is 0.0264. The number of nitrogens with zero attached hydrogens (tertiary/aromatic N) is 2. The average Bonchev–Trinajstić information content (AvgIpc) is 2.77. The molecular formula is C15H18N2OS. The van der Waals surface area contributed by atoms with Crippen molar-refractivity contribution < 1.29 is 4.79 Å². The van der Waals surface area contributed by atoms with Crippen LogP contribution in [0, 0.1) is 6.92 Å². The summed E-state index contributed by atoms with van der Waals surface area (Å²) in [7, 11) is 0. The number of aromatic nitrogens is 2. The SMILES string of the molecule is Cc1ccnc(C(=O)Cc2nc(C(C)(C)C)cs2)c1. The standard InChI is InChI=1S/C15H18N2OS/c1-10-5-6-16-11(7-10)12(18)8-14-17-13(9-19-14)15(2,3)4/h5-7,9H,8H2,1-4H3. The van der Waals surface area contributed by atoms with Gasteiger partial charge in [0.15, 0.2) is 5.78 Å². The van der Waals surface area contributed by atoms with Gasteiger partial charge in [0.25, 0.3) is 0 Å². The fourth-order valence-electron chi connectivity index (χ4n) is 1.65. The molecule has 4 heteroatoms. The second-order valence-corrected chi connectivity index (χ2v) is 6.64. The van der Waals surface area contributed by atoms with E-state index in [0.717, 1.165) is 16.3 Å². The Hall–Kier alpha value is -1.55. The zero-order valence-corrected chi connectivity index (χ0v) is 12.5. The molecule has 0 atom stereocenters. The first-order valence-electron chi connectivity index (χ1n) is 6.27. The number of carbonyl (C=O) groups excluding carboxylic acids is 1. The second-order valence-electron chi connectivity index (χ2n) is 5.69. The molecule has 0 fully saturated rings. The zero-order valence-electron chi connectivity index (χ0n) is 11.7. The summed E-state index contributed by atoms with van der Waals surface area (Å²) in [5.41, 5.74) is 2.64. The van der Waals surface area contributed by atoms with Crippen LogP contribution in [0.2, 0.25) is 0 Å². The molecule has 0 bridgehead atoms. The fourth-order valence-corrected chi connectivity index (χ4v) is 2.67. The molecule has 0 aromatic carbocycles. The third-order valence-corrected chi connectivity index (χ3v) is 3.68. The van der Waals surface area contributed by atoms with E-state index in [-0.39, 0.29) is 11.2 Å². The highest BCUT2D eigenvalue weighted by atomic mass is 32.1. The summed E-state index contributed by atoms with van der Waals surface area (Å²) >= 11 is 1.54. The first-order valence-corrected chi connectivity index (χ1v) is 7.15. The van der Waals surface area contributed by atoms with Crippen LogP contribution in [0.4, 0.5) is 0 Å². The van der Waals surface area contributed by atoms with Crippen molar-refractivity contribution in [3.8, 4) is 0 Å². The predicted molar refractivity (Wildman–Crippen MR) is 77.8 cm³/mol. The minimum Gasteiger partial charge on any atom is -0.292 e. The van der Waals surface area contributed by atoms with E-state index in [0.29, 0.717) is 12.1 Å². The van der Waals surface area contributed by atoms with Gasteiger partial charge in [-0.1, -0.05) is 20.8 Å². The summed E-state index contributed by atoms with van der Waals surface area (Å²) in [5, 5.41) is 2.89. The van der Waals surface area contributed by atoms with Crippen molar-refractivity contribution in [2.24, 2.45) is 0 Å². The number of aryl methyl sites for hydroxylation is 1. The molecule has 0 spiro atoms. The Balaban J connectivity index is 2.13. The van der Waals surface area contributed by atoms with E-state index in [2.05, 4.69) is 30.7 Å². The Labute approximate surface area is 117 Å². The number of pyridine rings is 1. The number of thiazole rings is 1. The van der Waals surface area contributed by atoms with E-state index in [1.807, 2.05) is 24.4 Å². The number of hydrogen-bond donors (Lipinski definition) is 0. The van der Waals surface area contributed by atoms with Crippen molar-refractivity contribution in [3.05, 3.63) is 45.7 Å². The first-order chi connectivity index (χ1) is 8.86. The number of rotatable bonds is 3. The van der Waals surface area contributed by atoms with Gasteiger partial charge in [-0.2, -0.15) is 0 Å². The molecule has 0 aliphatic carbocycles. The van der Waals surface area contributed by atoms with E-state index in [1.165, 1.54) is 0 Å². The van der Waals surface area contributed by atoms with E-state index in [4.69, 9.17) is 0 Å². The molecule has 0 aliphatic rings. The zero-order chi connectivity index (χ0) is 14.0. The monoisotopic (exact) mass is 274 g/mol. The molecule has 0 aliphatic heterocycles. The summed E-state index contributed by atoms with van der Waals surface area (Å²) < 4.78 is 0. The second kappa shape index (κ2) is 5.21. The van der Waals surface area contributed by atoms with Gasteiger partial charge >= 0.3 is 0 Å². The minimum atomic E-state index is 0.0264. The van der Waals surface area contributed by atoms with Crippen LogP contribution in [0.1, 0.15) is 47.5 Å². The highest BCUT2D eigenvalue weighted by molar-refractivity contribution is 7.09. The molecule has 3 nitrogen and oxygen atoms in total. The molecule has 0 unspecified atom stereocenters. The van der Waals surface area contributed by atoms with Crippen LogP contribution >= 0.6 is 11.3 Å². The Kier molecular flexibility index (Phi) is 3.80. The van der Waals surface area contributed by atoms with Gasteiger partial charge in [0.05, 0.1) is 12.1 Å². The van der Waals surface area contributed by atoms with Crippen LogP contribution in [0.5, 0.6) is 0 Å². The van der Waals surface area contributed by atoms with E-state index < -0.39 is 0 Å². The van der Waals surface area contributed by atoms with Crippen LogP contribution < -0.4 is 0 Å². The molecule has 2 heterocycles. The highest BCUT2D eigenvalue weighted by Crippen LogP contribution is 2.24. The summed E-state index contributed by atoms with van der Waals surface area (Å²) in [6.45, 7) is 8.32. The van der Waals surface area contributed by atoms with Crippen LogP contribution in [-0.2, 0) is 11.8 Å². The summed E-state index contributed by atoms with van der Waals surface area (Å²) in [4.78, 5) is 20.8. The predicted octanol–water partition coefficient (Wildman–Crippen LogP) is 3.57. The molecule has 0 radical (unpaired) electrons. The van der Waals surface area contributed by atoms with Crippen molar-refractivity contribution in [1.29, 1.82) is 0 Å². The lowest BCUT2D eigenvalue weighted by Crippen LogP contribution is -2.12. The number of carbonyl (C=O) groups is 1. The van der Waals surface area contributed by atoms with Crippen molar-refractivity contribution in [1.82, 2.24) is 9.97 Å². The van der Waals surface area contributed by atoms with E-state index in [9.17, 15) is 4.79 Å². The largest absolute Gasteiger partial charge is 0.292 e. The number of ketones is 1. The molecule has 2 rings (SSSR count). The van der Waals surface area contributed by atoms with Gasteiger partial charge in [-0.25, -0.2) is 4.98 Å². The van der Waals surface area contributed by atoms with Crippen molar-refractivity contribution in [2.75, 3.05) is 0 Å². The summed E-state index contributed by atoms with van der Waals surface area (Å²) in [5.74, 6) is 0.0264. The molecule has 0 saturated heterocycles. The topological polar surface area (TPSA) is 42.9 Å². The summed E-state index contributed by atoms with van der Waals surface area (Å²) in [6.07, 6.45) is 2.00. The van der Waals surface area contributed by atoms with Crippen LogP contribution in [0.25, 0.3) is 0 Å². The lowest BCUT2D eigenvalue weighted by atomic mass is 9.93. The van der Waals surface area contributed by atoms with Crippen molar-refractivity contribution in [2.45, 2.75) is 39.5 Å². The van der Waals surface area contributed by atoms with Crippen LogP contribution in [0.15, 0.2) is 23.7 Å². The molecule has 0 amide bonds. The number of Topliss-reactive ketones (excluding diaryl/α,β-unsaturated/α-hetero) is 1. The van der Waals surface area contributed by atoms with Gasteiger partial charge < -0.3 is 0 Å². The average molecular weight is 274 g/mol. The molecule has 2 aromatic rings. The fraction of sp³-hybridized carbons (Fsp3) is 0.400. The summed E-state index contributed by atoms with van der Waals surface area (Å²) in [6, 6.07) is 3.71. The third-order valence-electron chi connectivity index (χ3n) is 2.83. The van der Waals surface area contributed by atoms with Gasteiger partial charge in [0, 0.05) is 17.0 Å². The quantitative estimate of drug-likeness (QED) is 0.804. The normalized spacial score (nSPS) is 11.6. The van der Waals surface area contributed by atoms with Crippen molar-refractivity contribution in [3.63, 3.8) is 0 Å². The van der Waals surface area contributed by atoms with E-state index >= 15 is 0 Å². The number of hydrogen-bond acceptors (Lipinski definition) is 4. The first kappa shape index (κ1) is 13.9. The Morgan fingerprint density at radius 3 is 2.68 bits per heavy atom. The van der Waals surface area contributed by atoms with Gasteiger partial charge in [0.2, 0.25) is 0 Å². The van der Waals surface area contributed by atoms with Crippen LogP contribution in [-0.4, -0.2) is 15.8 Å². The van der Waals surface area contributed by atoms with Gasteiger partial charge in [-0.05, 0) is 24.6 Å². The highest BCUT2D eigenvalue weighted by Gasteiger charge is 2.19. The molecule has 100 valence electrons. The van der Waals surface area contributed by atoms with Crippen molar-refractivity contribution >= 4 is 17.1 Å². The maximum absolute atomic E-state index is 12.1. The maximum atomic E-state index is 12.1. The molecule has 2 aromatic heterocycles.